The van der Waals surface area contributed by atoms with Gasteiger partial charge in [-0.15, -0.1) is 11.3 Å². The molecule has 3 nitrogen and oxygen atoms in total. The topological polar surface area (TPSA) is 29.5 Å². The first-order chi connectivity index (χ1) is 9.99. The molecule has 0 saturated heterocycles. The SMILES string of the molecule is COC(=O)c1ccc(CN(C)Cc2cc(Br)cs2)cc1F. The summed E-state index contributed by atoms with van der Waals surface area (Å²) in [4.78, 5) is 14.7. The normalized spacial score (nSPS) is 10.9. The molecule has 112 valence electrons. The standard InChI is InChI=1S/C15H15BrFNO2S/c1-18(8-12-6-11(16)9-21-12)7-10-3-4-13(14(17)5-10)15(19)20-2/h3-6,9H,7-8H2,1-2H3. The summed E-state index contributed by atoms with van der Waals surface area (Å²) in [6.07, 6.45) is 0. The van der Waals surface area contributed by atoms with E-state index in [0.29, 0.717) is 6.54 Å². The maximum Gasteiger partial charge on any atom is 0.340 e. The monoisotopic (exact) mass is 371 g/mol. The van der Waals surface area contributed by atoms with E-state index >= 15 is 0 Å². The van der Waals surface area contributed by atoms with Crippen LogP contribution >= 0.6 is 27.3 Å². The van der Waals surface area contributed by atoms with Crippen LogP contribution in [0.5, 0.6) is 0 Å². The Morgan fingerprint density at radius 2 is 2.14 bits per heavy atom. The molecule has 1 aromatic carbocycles. The summed E-state index contributed by atoms with van der Waals surface area (Å²) >= 11 is 5.10. The first kappa shape index (κ1) is 16.1. The molecule has 0 aliphatic carbocycles. The minimum Gasteiger partial charge on any atom is -0.465 e. The predicted molar refractivity (Wildman–Crippen MR) is 84.9 cm³/mol. The van der Waals surface area contributed by atoms with E-state index in [2.05, 4.69) is 31.6 Å². The van der Waals surface area contributed by atoms with Gasteiger partial charge in [-0.1, -0.05) is 6.07 Å². The van der Waals surface area contributed by atoms with Crippen LogP contribution in [0.1, 0.15) is 20.8 Å². The maximum atomic E-state index is 13.8. The summed E-state index contributed by atoms with van der Waals surface area (Å²) in [5.74, 6) is -1.21. The molecule has 0 amide bonds. The summed E-state index contributed by atoms with van der Waals surface area (Å²) in [5.41, 5.74) is 0.782. The number of halogens is 2. The van der Waals surface area contributed by atoms with Crippen LogP contribution in [-0.4, -0.2) is 25.0 Å². The molecule has 2 aromatic rings. The summed E-state index contributed by atoms with van der Waals surface area (Å²) in [6.45, 7) is 1.39. The number of hydrogen-bond donors (Lipinski definition) is 0. The lowest BCUT2D eigenvalue weighted by molar-refractivity contribution is 0.0595. The molecule has 0 aliphatic heterocycles. The molecule has 0 atom stereocenters. The van der Waals surface area contributed by atoms with Crippen molar-refractivity contribution in [2.45, 2.75) is 13.1 Å². The smallest absolute Gasteiger partial charge is 0.340 e. The van der Waals surface area contributed by atoms with E-state index < -0.39 is 11.8 Å². The van der Waals surface area contributed by atoms with Gasteiger partial charge in [0.1, 0.15) is 5.82 Å². The highest BCUT2D eigenvalue weighted by atomic mass is 79.9. The Morgan fingerprint density at radius 3 is 2.71 bits per heavy atom. The Hall–Kier alpha value is -1.24. The van der Waals surface area contributed by atoms with Crippen molar-refractivity contribution in [3.05, 3.63) is 55.9 Å². The van der Waals surface area contributed by atoms with E-state index in [0.717, 1.165) is 16.6 Å². The van der Waals surface area contributed by atoms with Crippen LogP contribution in [0.25, 0.3) is 0 Å². The number of carbonyl (C=O) groups excluding carboxylic acids is 1. The van der Waals surface area contributed by atoms with E-state index in [1.807, 2.05) is 12.4 Å². The average Bonchev–Trinajstić information content (AvgIpc) is 2.83. The fourth-order valence-corrected chi connectivity index (χ4v) is 3.53. The van der Waals surface area contributed by atoms with Gasteiger partial charge >= 0.3 is 5.97 Å². The molecule has 1 heterocycles. The second-order valence-corrected chi connectivity index (χ2v) is 6.62. The molecule has 0 N–H and O–H groups in total. The molecular formula is C15H15BrFNO2S. The van der Waals surface area contributed by atoms with Crippen LogP contribution < -0.4 is 0 Å². The Kier molecular flexibility index (Phi) is 5.50. The van der Waals surface area contributed by atoms with Crippen molar-refractivity contribution in [2.24, 2.45) is 0 Å². The zero-order chi connectivity index (χ0) is 15.4. The van der Waals surface area contributed by atoms with Crippen molar-refractivity contribution >= 4 is 33.2 Å². The summed E-state index contributed by atoms with van der Waals surface area (Å²) in [5, 5.41) is 2.04. The number of nitrogens with zero attached hydrogens (tertiary/aromatic N) is 1. The van der Waals surface area contributed by atoms with Gasteiger partial charge in [0.05, 0.1) is 12.7 Å². The summed E-state index contributed by atoms with van der Waals surface area (Å²) < 4.78 is 19.4. The van der Waals surface area contributed by atoms with Crippen LogP contribution in [-0.2, 0) is 17.8 Å². The van der Waals surface area contributed by atoms with Gasteiger partial charge in [-0.05, 0) is 46.7 Å². The van der Waals surface area contributed by atoms with E-state index in [9.17, 15) is 9.18 Å². The number of methoxy groups -OCH3 is 1. The van der Waals surface area contributed by atoms with E-state index in [1.165, 1.54) is 24.1 Å². The van der Waals surface area contributed by atoms with Gasteiger partial charge < -0.3 is 4.74 Å². The van der Waals surface area contributed by atoms with Gasteiger partial charge in [0, 0.05) is 27.8 Å². The Balaban J connectivity index is 2.02. The number of esters is 1. The molecule has 1 aromatic heterocycles. The number of rotatable bonds is 5. The van der Waals surface area contributed by atoms with Gasteiger partial charge in [-0.3, -0.25) is 4.90 Å². The van der Waals surface area contributed by atoms with E-state index in [1.54, 1.807) is 17.4 Å². The number of benzene rings is 1. The minimum atomic E-state index is -0.657. The van der Waals surface area contributed by atoms with Crippen molar-refractivity contribution in [1.82, 2.24) is 4.90 Å². The van der Waals surface area contributed by atoms with Crippen LogP contribution in [0.4, 0.5) is 4.39 Å². The van der Waals surface area contributed by atoms with Crippen molar-refractivity contribution in [3.8, 4) is 0 Å². The Morgan fingerprint density at radius 1 is 1.38 bits per heavy atom. The summed E-state index contributed by atoms with van der Waals surface area (Å²) in [6, 6.07) is 6.66. The molecular weight excluding hydrogens is 357 g/mol. The molecule has 0 unspecified atom stereocenters. The number of carbonyl (C=O) groups is 1. The molecule has 2 rings (SSSR count). The molecule has 0 fully saturated rings. The average molecular weight is 372 g/mol. The lowest BCUT2D eigenvalue weighted by atomic mass is 10.1. The first-order valence-electron chi connectivity index (χ1n) is 6.28. The first-order valence-corrected chi connectivity index (χ1v) is 7.95. The number of thiophene rings is 1. The molecule has 0 aliphatic rings. The molecule has 6 heteroatoms. The van der Waals surface area contributed by atoms with E-state index in [-0.39, 0.29) is 5.56 Å². The fraction of sp³-hybridized carbons (Fsp3) is 0.267. The molecule has 0 saturated carbocycles. The number of ether oxygens (including phenoxy) is 1. The van der Waals surface area contributed by atoms with Crippen LogP contribution in [0, 0.1) is 5.82 Å². The van der Waals surface area contributed by atoms with Crippen LogP contribution in [0.15, 0.2) is 34.1 Å². The lowest BCUT2D eigenvalue weighted by Crippen LogP contribution is -2.17. The van der Waals surface area contributed by atoms with E-state index in [4.69, 9.17) is 0 Å². The van der Waals surface area contributed by atoms with Crippen molar-refractivity contribution in [1.29, 1.82) is 0 Å². The van der Waals surface area contributed by atoms with Gasteiger partial charge in [-0.25, -0.2) is 9.18 Å². The molecule has 0 radical (unpaired) electrons. The van der Waals surface area contributed by atoms with Gasteiger partial charge in [0.25, 0.3) is 0 Å². The number of hydrogen-bond acceptors (Lipinski definition) is 4. The highest BCUT2D eigenvalue weighted by Crippen LogP contribution is 2.21. The largest absolute Gasteiger partial charge is 0.465 e. The predicted octanol–water partition coefficient (Wildman–Crippen LogP) is 4.07. The third-order valence-corrected chi connectivity index (χ3v) is 4.62. The van der Waals surface area contributed by atoms with Gasteiger partial charge in [0.15, 0.2) is 0 Å². The van der Waals surface area contributed by atoms with Crippen LogP contribution in [0.3, 0.4) is 0 Å². The van der Waals surface area contributed by atoms with Gasteiger partial charge in [-0.2, -0.15) is 0 Å². The lowest BCUT2D eigenvalue weighted by Gasteiger charge is -2.16. The third kappa shape index (κ3) is 4.36. The molecule has 0 spiro atoms. The minimum absolute atomic E-state index is 0.0360. The maximum absolute atomic E-state index is 13.8. The van der Waals surface area contributed by atoms with Gasteiger partial charge in [0.2, 0.25) is 0 Å². The Bertz CT molecular complexity index is 644. The fourth-order valence-electron chi connectivity index (χ4n) is 2.00. The molecule has 21 heavy (non-hydrogen) atoms. The quantitative estimate of drug-likeness (QED) is 0.742. The zero-order valence-corrected chi connectivity index (χ0v) is 14.1. The van der Waals surface area contributed by atoms with Crippen molar-refractivity contribution in [3.63, 3.8) is 0 Å². The second kappa shape index (κ2) is 7.15. The summed E-state index contributed by atoms with van der Waals surface area (Å²) in [7, 11) is 3.21. The molecule has 0 bridgehead atoms. The zero-order valence-electron chi connectivity index (χ0n) is 11.7. The second-order valence-electron chi connectivity index (χ2n) is 4.71. The Labute approximate surface area is 135 Å². The van der Waals surface area contributed by atoms with Crippen molar-refractivity contribution < 1.29 is 13.9 Å². The highest BCUT2D eigenvalue weighted by molar-refractivity contribution is 9.10. The third-order valence-electron chi connectivity index (χ3n) is 2.94. The van der Waals surface area contributed by atoms with Crippen molar-refractivity contribution in [2.75, 3.05) is 14.2 Å². The highest BCUT2D eigenvalue weighted by Gasteiger charge is 2.13. The van der Waals surface area contributed by atoms with Crippen LogP contribution in [0.2, 0.25) is 0 Å².